The number of hydrogen-bond acceptors (Lipinski definition) is 8. The normalized spacial score (nSPS) is 12.5. The van der Waals surface area contributed by atoms with E-state index in [0.29, 0.717) is 6.07 Å². The Bertz CT molecular complexity index is 843. The first-order chi connectivity index (χ1) is 14.1. The van der Waals surface area contributed by atoms with Crippen molar-refractivity contribution in [3.63, 3.8) is 0 Å². The van der Waals surface area contributed by atoms with Gasteiger partial charge in [-0.2, -0.15) is 4.39 Å². The molecule has 1 aromatic rings. The number of hydrogen-bond donors (Lipinski definition) is 1. The molecule has 1 amide bonds. The highest BCUT2D eigenvalue weighted by Gasteiger charge is 2.29. The third-order valence-electron chi connectivity index (χ3n) is 3.37. The van der Waals surface area contributed by atoms with Crippen LogP contribution in [0.4, 0.5) is 14.9 Å². The number of ether oxygens (including phenoxy) is 3. The van der Waals surface area contributed by atoms with Gasteiger partial charge in [-0.3, -0.25) is 14.9 Å². The van der Waals surface area contributed by atoms with E-state index < -0.39 is 51.7 Å². The van der Waals surface area contributed by atoms with E-state index in [4.69, 9.17) is 14.2 Å². The molecule has 1 N–H and O–H groups in total. The third kappa shape index (κ3) is 9.87. The average Bonchev–Trinajstić information content (AvgIpc) is 2.55. The van der Waals surface area contributed by atoms with Crippen LogP contribution in [-0.4, -0.2) is 40.2 Å². The maximum atomic E-state index is 13.7. The van der Waals surface area contributed by atoms with E-state index in [1.807, 2.05) is 0 Å². The number of esters is 2. The summed E-state index contributed by atoms with van der Waals surface area (Å²) in [5.74, 6) is -2.88. The number of rotatable bonds is 7. The SMILES string of the molecule is CC(C)(C)OC(=O)CC[C@H](NC(=O)Oc1ccc([N+](=O)[O-])c(F)c1)C(=O)OC(C)(C)C. The van der Waals surface area contributed by atoms with Crippen molar-refractivity contribution in [1.29, 1.82) is 0 Å². The molecule has 31 heavy (non-hydrogen) atoms. The number of nitrogens with zero attached hydrogens (tertiary/aromatic N) is 1. The van der Waals surface area contributed by atoms with Crippen molar-refractivity contribution >= 4 is 23.7 Å². The lowest BCUT2D eigenvalue weighted by atomic mass is 10.1. The summed E-state index contributed by atoms with van der Waals surface area (Å²) in [5.41, 5.74) is -2.35. The fourth-order valence-electron chi connectivity index (χ4n) is 2.25. The second-order valence-electron chi connectivity index (χ2n) is 8.62. The molecule has 1 rings (SSSR count). The number of nitrogens with one attached hydrogen (secondary N) is 1. The molecule has 0 fully saturated rings. The smallest absolute Gasteiger partial charge is 0.413 e. The fraction of sp³-hybridized carbons (Fsp3) is 0.550. The van der Waals surface area contributed by atoms with Crippen LogP contribution in [-0.2, 0) is 19.1 Å². The summed E-state index contributed by atoms with van der Waals surface area (Å²) < 4.78 is 29.0. The van der Waals surface area contributed by atoms with Crippen molar-refractivity contribution in [3.8, 4) is 5.75 Å². The molecule has 0 aliphatic rings. The Hall–Kier alpha value is -3.24. The lowest BCUT2D eigenvalue weighted by molar-refractivity contribution is -0.387. The van der Waals surface area contributed by atoms with Crippen molar-refractivity contribution < 1.29 is 37.9 Å². The van der Waals surface area contributed by atoms with Crippen molar-refractivity contribution in [2.75, 3.05) is 0 Å². The first kappa shape index (κ1) is 25.8. The van der Waals surface area contributed by atoms with Gasteiger partial charge in [0.15, 0.2) is 0 Å². The lowest BCUT2D eigenvalue weighted by Crippen LogP contribution is -2.45. The number of amides is 1. The van der Waals surface area contributed by atoms with Crippen LogP contribution in [0.1, 0.15) is 54.4 Å². The van der Waals surface area contributed by atoms with Crippen LogP contribution in [0.5, 0.6) is 5.75 Å². The van der Waals surface area contributed by atoms with Crippen LogP contribution in [0.2, 0.25) is 0 Å². The monoisotopic (exact) mass is 442 g/mol. The molecule has 10 nitrogen and oxygen atoms in total. The average molecular weight is 442 g/mol. The zero-order chi connectivity index (χ0) is 24.0. The van der Waals surface area contributed by atoms with Crippen LogP contribution in [0.15, 0.2) is 18.2 Å². The Kier molecular flexibility index (Phi) is 8.47. The summed E-state index contributed by atoms with van der Waals surface area (Å²) >= 11 is 0. The summed E-state index contributed by atoms with van der Waals surface area (Å²) in [5, 5.41) is 12.9. The topological polar surface area (TPSA) is 134 Å². The Morgan fingerprint density at radius 3 is 2.16 bits per heavy atom. The van der Waals surface area contributed by atoms with Gasteiger partial charge in [0.25, 0.3) is 0 Å². The first-order valence-corrected chi connectivity index (χ1v) is 9.44. The van der Waals surface area contributed by atoms with E-state index >= 15 is 0 Å². The van der Waals surface area contributed by atoms with Gasteiger partial charge in [-0.1, -0.05) is 0 Å². The zero-order valence-corrected chi connectivity index (χ0v) is 18.3. The molecule has 0 aliphatic heterocycles. The number of carbonyl (C=O) groups excluding carboxylic acids is 3. The molecule has 0 spiro atoms. The molecule has 172 valence electrons. The Balaban J connectivity index is 2.86. The molecule has 0 radical (unpaired) electrons. The summed E-state index contributed by atoms with van der Waals surface area (Å²) in [6.45, 7) is 9.97. The summed E-state index contributed by atoms with van der Waals surface area (Å²) in [4.78, 5) is 46.3. The molecule has 1 atom stereocenters. The van der Waals surface area contributed by atoms with Crippen LogP contribution in [0.25, 0.3) is 0 Å². The van der Waals surface area contributed by atoms with Crippen molar-refractivity contribution in [2.24, 2.45) is 0 Å². The van der Waals surface area contributed by atoms with Gasteiger partial charge in [0, 0.05) is 18.6 Å². The van der Waals surface area contributed by atoms with Crippen LogP contribution >= 0.6 is 0 Å². The number of nitro groups is 1. The van der Waals surface area contributed by atoms with E-state index in [9.17, 15) is 28.9 Å². The number of nitro benzene ring substituents is 1. The van der Waals surface area contributed by atoms with E-state index in [0.717, 1.165) is 12.1 Å². The summed E-state index contributed by atoms with van der Waals surface area (Å²) in [7, 11) is 0. The van der Waals surface area contributed by atoms with Crippen LogP contribution in [0, 0.1) is 15.9 Å². The van der Waals surface area contributed by atoms with E-state index in [2.05, 4.69) is 5.32 Å². The van der Waals surface area contributed by atoms with Crippen molar-refractivity contribution in [3.05, 3.63) is 34.1 Å². The van der Waals surface area contributed by atoms with Gasteiger partial charge in [-0.15, -0.1) is 0 Å². The molecule has 0 aliphatic carbocycles. The predicted molar refractivity (Wildman–Crippen MR) is 107 cm³/mol. The van der Waals surface area contributed by atoms with Crippen molar-refractivity contribution in [1.82, 2.24) is 5.32 Å². The highest BCUT2D eigenvalue weighted by molar-refractivity contribution is 5.83. The first-order valence-electron chi connectivity index (χ1n) is 9.44. The van der Waals surface area contributed by atoms with Crippen molar-refractivity contribution in [2.45, 2.75) is 71.6 Å². The van der Waals surface area contributed by atoms with E-state index in [1.54, 1.807) is 41.5 Å². The van der Waals surface area contributed by atoms with Gasteiger partial charge in [-0.05, 0) is 54.0 Å². The second-order valence-corrected chi connectivity index (χ2v) is 8.62. The van der Waals surface area contributed by atoms with Gasteiger partial charge in [0.2, 0.25) is 5.82 Å². The highest BCUT2D eigenvalue weighted by Crippen LogP contribution is 2.22. The molecule has 0 saturated heterocycles. The largest absolute Gasteiger partial charge is 0.460 e. The third-order valence-corrected chi connectivity index (χ3v) is 3.37. The van der Waals surface area contributed by atoms with Gasteiger partial charge in [-0.25, -0.2) is 9.59 Å². The molecule has 0 aromatic heterocycles. The standard InChI is InChI=1S/C20H27FN2O8/c1-19(2,3)30-16(24)10-8-14(17(25)31-20(4,5)6)22-18(26)29-12-7-9-15(23(27)28)13(21)11-12/h7,9,11,14H,8,10H2,1-6H3,(H,22,26)/t14-/m0/s1. The van der Waals surface area contributed by atoms with E-state index in [1.165, 1.54) is 0 Å². The molecule has 11 heteroatoms. The van der Waals surface area contributed by atoms with E-state index in [-0.39, 0.29) is 18.6 Å². The zero-order valence-electron chi connectivity index (χ0n) is 18.3. The van der Waals surface area contributed by atoms with Gasteiger partial charge < -0.3 is 19.5 Å². The minimum atomic E-state index is -1.25. The van der Waals surface area contributed by atoms with Crippen LogP contribution < -0.4 is 10.1 Å². The Morgan fingerprint density at radius 2 is 1.68 bits per heavy atom. The molecular formula is C20H27FN2O8. The molecular weight excluding hydrogens is 415 g/mol. The minimum absolute atomic E-state index is 0.131. The Labute approximate surface area is 179 Å². The van der Waals surface area contributed by atoms with Crippen LogP contribution in [0.3, 0.4) is 0 Å². The van der Waals surface area contributed by atoms with Gasteiger partial charge in [0.05, 0.1) is 4.92 Å². The molecule has 0 bridgehead atoms. The number of halogens is 1. The van der Waals surface area contributed by atoms with Gasteiger partial charge in [0.1, 0.15) is 23.0 Å². The molecule has 0 heterocycles. The second kappa shape index (κ2) is 10.2. The Morgan fingerprint density at radius 1 is 1.10 bits per heavy atom. The highest BCUT2D eigenvalue weighted by atomic mass is 19.1. The summed E-state index contributed by atoms with van der Waals surface area (Å²) in [6, 6.07) is 1.29. The number of benzene rings is 1. The maximum absolute atomic E-state index is 13.7. The number of carbonyl (C=O) groups is 3. The maximum Gasteiger partial charge on any atom is 0.413 e. The van der Waals surface area contributed by atoms with Gasteiger partial charge >= 0.3 is 23.7 Å². The fourth-order valence-corrected chi connectivity index (χ4v) is 2.25. The lowest BCUT2D eigenvalue weighted by Gasteiger charge is -2.25. The molecule has 0 unspecified atom stereocenters. The predicted octanol–water partition coefficient (Wildman–Crippen LogP) is 3.65. The minimum Gasteiger partial charge on any atom is -0.460 e. The summed E-state index contributed by atoms with van der Waals surface area (Å²) in [6.07, 6.45) is -1.45. The molecule has 1 aromatic carbocycles. The quantitative estimate of drug-likeness (QED) is 0.384. The molecule has 0 saturated carbocycles.